The summed E-state index contributed by atoms with van der Waals surface area (Å²) in [6.07, 6.45) is 6.77. The molecule has 2 amide bonds. The quantitative estimate of drug-likeness (QED) is 0.746. The molecule has 0 aliphatic heterocycles. The van der Waals surface area contributed by atoms with Gasteiger partial charge in [0, 0.05) is 24.3 Å². The summed E-state index contributed by atoms with van der Waals surface area (Å²) >= 11 is 0. The second-order valence-corrected chi connectivity index (χ2v) is 6.30. The third kappa shape index (κ3) is 5.63. The van der Waals surface area contributed by atoms with Crippen LogP contribution >= 0.6 is 0 Å². The molecule has 0 aromatic carbocycles. The van der Waals surface area contributed by atoms with Gasteiger partial charge in [0.2, 0.25) is 0 Å². The van der Waals surface area contributed by atoms with Gasteiger partial charge in [0.1, 0.15) is 5.69 Å². The maximum atomic E-state index is 12.2. The number of nitrogens with zero attached hydrogens (tertiary/aromatic N) is 2. The smallest absolute Gasteiger partial charge is 0.270 e. The maximum Gasteiger partial charge on any atom is 0.270 e. The van der Waals surface area contributed by atoms with Crippen molar-refractivity contribution in [2.24, 2.45) is 0 Å². The Morgan fingerprint density at radius 3 is 2.70 bits per heavy atom. The number of carbonyl (C=O) groups is 2. The summed E-state index contributed by atoms with van der Waals surface area (Å²) in [5.74, 6) is -0.361. The Hall–Kier alpha value is -1.95. The van der Waals surface area contributed by atoms with Crippen molar-refractivity contribution in [3.8, 4) is 0 Å². The van der Waals surface area contributed by atoms with Gasteiger partial charge in [-0.25, -0.2) is 0 Å². The van der Waals surface area contributed by atoms with Crippen molar-refractivity contribution in [1.82, 2.24) is 20.5 Å². The van der Waals surface area contributed by atoms with E-state index in [0.717, 1.165) is 38.6 Å². The number of amides is 2. The molecule has 0 spiro atoms. The van der Waals surface area contributed by atoms with E-state index < -0.39 is 0 Å². The fraction of sp³-hybridized carbons (Fsp3) is 0.588. The summed E-state index contributed by atoms with van der Waals surface area (Å²) in [4.78, 5) is 30.5. The van der Waals surface area contributed by atoms with Crippen molar-refractivity contribution in [3.05, 3.63) is 29.6 Å². The van der Waals surface area contributed by atoms with Crippen LogP contribution in [-0.2, 0) is 0 Å². The first-order valence-electron chi connectivity index (χ1n) is 8.26. The van der Waals surface area contributed by atoms with Gasteiger partial charge in [-0.05, 0) is 52.0 Å². The molecule has 1 saturated carbocycles. The van der Waals surface area contributed by atoms with Crippen LogP contribution in [0, 0.1) is 0 Å². The van der Waals surface area contributed by atoms with Gasteiger partial charge in [0.25, 0.3) is 11.8 Å². The standard InChI is InChI=1S/C17H26N4O2/c1-21(2)11-5-9-19-16(22)13-8-10-18-15(12-13)17(23)20-14-6-3-4-7-14/h8,10,12,14H,3-7,9,11H2,1-2H3,(H,19,22)(H,20,23). The average Bonchev–Trinajstić information content (AvgIpc) is 3.04. The minimum Gasteiger partial charge on any atom is -0.352 e. The van der Waals surface area contributed by atoms with Crippen LogP contribution in [0.25, 0.3) is 0 Å². The Bertz CT molecular complexity index is 539. The first kappa shape index (κ1) is 17.4. The molecule has 1 fully saturated rings. The molecular formula is C17H26N4O2. The van der Waals surface area contributed by atoms with Crippen molar-refractivity contribution >= 4 is 11.8 Å². The molecule has 1 aliphatic rings. The highest BCUT2D eigenvalue weighted by Crippen LogP contribution is 2.18. The van der Waals surface area contributed by atoms with E-state index in [2.05, 4.69) is 20.5 Å². The molecule has 0 bridgehead atoms. The number of hydrogen-bond acceptors (Lipinski definition) is 4. The van der Waals surface area contributed by atoms with E-state index in [1.54, 1.807) is 12.1 Å². The van der Waals surface area contributed by atoms with Gasteiger partial charge in [-0.1, -0.05) is 12.8 Å². The Labute approximate surface area is 137 Å². The molecule has 1 aromatic heterocycles. The highest BCUT2D eigenvalue weighted by Gasteiger charge is 2.19. The van der Waals surface area contributed by atoms with Gasteiger partial charge < -0.3 is 15.5 Å². The fourth-order valence-corrected chi connectivity index (χ4v) is 2.72. The third-order valence-corrected chi connectivity index (χ3v) is 4.01. The Morgan fingerprint density at radius 2 is 2.00 bits per heavy atom. The highest BCUT2D eigenvalue weighted by molar-refractivity contribution is 5.98. The van der Waals surface area contributed by atoms with Crippen LogP contribution in [-0.4, -0.2) is 54.9 Å². The van der Waals surface area contributed by atoms with Gasteiger partial charge in [0.15, 0.2) is 0 Å². The topological polar surface area (TPSA) is 74.3 Å². The van der Waals surface area contributed by atoms with E-state index in [4.69, 9.17) is 0 Å². The molecule has 6 nitrogen and oxygen atoms in total. The van der Waals surface area contributed by atoms with Gasteiger partial charge in [-0.2, -0.15) is 0 Å². The second-order valence-electron chi connectivity index (χ2n) is 6.30. The number of rotatable bonds is 7. The van der Waals surface area contributed by atoms with Crippen molar-refractivity contribution in [3.63, 3.8) is 0 Å². The molecule has 1 aliphatic carbocycles. The van der Waals surface area contributed by atoms with E-state index in [1.165, 1.54) is 6.20 Å². The van der Waals surface area contributed by atoms with Gasteiger partial charge in [0.05, 0.1) is 0 Å². The summed E-state index contributed by atoms with van der Waals surface area (Å²) in [6.45, 7) is 1.54. The molecule has 6 heteroatoms. The first-order chi connectivity index (χ1) is 11.1. The lowest BCUT2D eigenvalue weighted by Gasteiger charge is -2.12. The Balaban J connectivity index is 1.87. The summed E-state index contributed by atoms with van der Waals surface area (Å²) < 4.78 is 0. The minimum atomic E-state index is -0.195. The zero-order chi connectivity index (χ0) is 16.7. The lowest BCUT2D eigenvalue weighted by molar-refractivity contribution is 0.0933. The van der Waals surface area contributed by atoms with E-state index in [9.17, 15) is 9.59 Å². The Kier molecular flexibility index (Phi) is 6.52. The Morgan fingerprint density at radius 1 is 1.26 bits per heavy atom. The van der Waals surface area contributed by atoms with E-state index in [0.29, 0.717) is 17.8 Å². The third-order valence-electron chi connectivity index (χ3n) is 4.01. The number of carbonyl (C=O) groups excluding carboxylic acids is 2. The normalized spacial score (nSPS) is 14.9. The summed E-state index contributed by atoms with van der Waals surface area (Å²) in [5, 5.41) is 5.86. The van der Waals surface area contributed by atoms with Crippen LogP contribution in [0.2, 0.25) is 0 Å². The predicted molar refractivity (Wildman–Crippen MR) is 89.5 cm³/mol. The molecule has 23 heavy (non-hydrogen) atoms. The molecule has 126 valence electrons. The van der Waals surface area contributed by atoms with Crippen LogP contribution in [0.3, 0.4) is 0 Å². The van der Waals surface area contributed by atoms with E-state index in [-0.39, 0.29) is 17.9 Å². The SMILES string of the molecule is CN(C)CCCNC(=O)c1ccnc(C(=O)NC2CCCC2)c1. The summed E-state index contributed by atoms with van der Waals surface area (Å²) in [6, 6.07) is 3.44. The zero-order valence-corrected chi connectivity index (χ0v) is 14.0. The van der Waals surface area contributed by atoms with Crippen LogP contribution < -0.4 is 10.6 Å². The number of aromatic nitrogens is 1. The highest BCUT2D eigenvalue weighted by atomic mass is 16.2. The molecule has 0 radical (unpaired) electrons. The summed E-state index contributed by atoms with van der Waals surface area (Å²) in [7, 11) is 4.00. The molecule has 1 heterocycles. The van der Waals surface area contributed by atoms with E-state index >= 15 is 0 Å². The largest absolute Gasteiger partial charge is 0.352 e. The van der Waals surface area contributed by atoms with Crippen LogP contribution in [0.4, 0.5) is 0 Å². The van der Waals surface area contributed by atoms with Crippen molar-refractivity contribution in [2.75, 3.05) is 27.2 Å². The zero-order valence-electron chi connectivity index (χ0n) is 14.0. The molecule has 0 unspecified atom stereocenters. The van der Waals surface area contributed by atoms with Crippen molar-refractivity contribution in [2.45, 2.75) is 38.1 Å². The van der Waals surface area contributed by atoms with Gasteiger partial charge in [-0.3, -0.25) is 14.6 Å². The lowest BCUT2D eigenvalue weighted by atomic mass is 10.2. The maximum absolute atomic E-state index is 12.2. The summed E-state index contributed by atoms with van der Waals surface area (Å²) in [5.41, 5.74) is 0.777. The molecule has 0 atom stereocenters. The first-order valence-corrected chi connectivity index (χ1v) is 8.26. The molecule has 2 rings (SSSR count). The van der Waals surface area contributed by atoms with Crippen molar-refractivity contribution < 1.29 is 9.59 Å². The molecule has 0 saturated heterocycles. The van der Waals surface area contributed by atoms with Crippen LogP contribution in [0.1, 0.15) is 53.0 Å². The molecule has 2 N–H and O–H groups in total. The number of nitrogens with one attached hydrogen (secondary N) is 2. The van der Waals surface area contributed by atoms with Crippen LogP contribution in [0.5, 0.6) is 0 Å². The van der Waals surface area contributed by atoms with Crippen molar-refractivity contribution in [1.29, 1.82) is 0 Å². The lowest BCUT2D eigenvalue weighted by Crippen LogP contribution is -2.33. The number of hydrogen-bond donors (Lipinski definition) is 2. The van der Waals surface area contributed by atoms with E-state index in [1.807, 2.05) is 14.1 Å². The average molecular weight is 318 g/mol. The monoisotopic (exact) mass is 318 g/mol. The van der Waals surface area contributed by atoms with Crippen LogP contribution in [0.15, 0.2) is 18.3 Å². The fourth-order valence-electron chi connectivity index (χ4n) is 2.72. The minimum absolute atomic E-state index is 0.166. The molecular weight excluding hydrogens is 292 g/mol. The van der Waals surface area contributed by atoms with Gasteiger partial charge >= 0.3 is 0 Å². The second kappa shape index (κ2) is 8.62. The number of pyridine rings is 1. The van der Waals surface area contributed by atoms with Gasteiger partial charge in [-0.15, -0.1) is 0 Å². The molecule has 1 aromatic rings. The predicted octanol–water partition coefficient (Wildman–Crippen LogP) is 1.44.